The summed E-state index contributed by atoms with van der Waals surface area (Å²) >= 11 is 0. The summed E-state index contributed by atoms with van der Waals surface area (Å²) in [6, 6.07) is 13.5. The summed E-state index contributed by atoms with van der Waals surface area (Å²) in [6.07, 6.45) is -3.36. The molecule has 0 bridgehead atoms. The Hall–Kier alpha value is -2.17. The lowest BCUT2D eigenvalue weighted by Gasteiger charge is -2.14. The molecule has 0 spiro atoms. The molecule has 21 heavy (non-hydrogen) atoms. The van der Waals surface area contributed by atoms with Crippen LogP contribution in [0, 0.1) is 0 Å². The number of hydrogen-bond donors (Lipinski definition) is 2. The number of alkyl halides is 3. The Kier molecular flexibility index (Phi) is 3.49. The van der Waals surface area contributed by atoms with Crippen molar-refractivity contribution in [3.05, 3.63) is 59.7 Å². The van der Waals surface area contributed by atoms with Gasteiger partial charge in [-0.05, 0) is 42.3 Å². The highest BCUT2D eigenvalue weighted by atomic mass is 19.4. The lowest BCUT2D eigenvalue weighted by atomic mass is 10.1. The molecule has 110 valence electrons. The van der Waals surface area contributed by atoms with Gasteiger partial charge in [0.05, 0.1) is 5.56 Å². The molecule has 2 N–H and O–H groups in total. The minimum absolute atomic E-state index is 0.254. The number of para-hydroxylation sites is 1. The van der Waals surface area contributed by atoms with E-state index in [9.17, 15) is 13.2 Å². The van der Waals surface area contributed by atoms with Crippen molar-refractivity contribution < 1.29 is 13.2 Å². The predicted octanol–water partition coefficient (Wildman–Crippen LogP) is 4.15. The van der Waals surface area contributed by atoms with Gasteiger partial charge in [-0.15, -0.1) is 0 Å². The minimum Gasteiger partial charge on any atom is -0.383 e. The van der Waals surface area contributed by atoms with Gasteiger partial charge in [0.15, 0.2) is 0 Å². The predicted molar refractivity (Wildman–Crippen MR) is 77.5 cm³/mol. The summed E-state index contributed by atoms with van der Waals surface area (Å²) in [7, 11) is 0. The van der Waals surface area contributed by atoms with Gasteiger partial charge in [0.25, 0.3) is 0 Å². The Bertz CT molecular complexity index is 595. The average Bonchev–Trinajstić information content (AvgIpc) is 2.87. The molecule has 3 rings (SSSR count). The van der Waals surface area contributed by atoms with E-state index in [2.05, 4.69) is 16.7 Å². The quantitative estimate of drug-likeness (QED) is 0.888. The molecule has 0 amide bonds. The Morgan fingerprint density at radius 3 is 2.43 bits per heavy atom. The average molecular weight is 292 g/mol. The van der Waals surface area contributed by atoms with Gasteiger partial charge in [-0.1, -0.05) is 18.2 Å². The second-order valence-corrected chi connectivity index (χ2v) is 5.16. The van der Waals surface area contributed by atoms with E-state index in [0.717, 1.165) is 24.2 Å². The molecular weight excluding hydrogens is 277 g/mol. The van der Waals surface area contributed by atoms with Crippen molar-refractivity contribution in [2.24, 2.45) is 0 Å². The molecule has 0 fully saturated rings. The van der Waals surface area contributed by atoms with Crippen LogP contribution in [0.3, 0.4) is 0 Å². The number of nitrogens with one attached hydrogen (secondary N) is 2. The van der Waals surface area contributed by atoms with E-state index in [4.69, 9.17) is 0 Å². The molecule has 1 heterocycles. The SMILES string of the molecule is FC(F)(F)c1ccc(NC[C@@H]2Cc3ccccc3N2)cc1. The molecule has 1 atom stereocenters. The number of benzene rings is 2. The summed E-state index contributed by atoms with van der Waals surface area (Å²) in [5, 5.41) is 6.57. The lowest BCUT2D eigenvalue weighted by molar-refractivity contribution is -0.137. The largest absolute Gasteiger partial charge is 0.416 e. The van der Waals surface area contributed by atoms with Crippen LogP contribution in [0.2, 0.25) is 0 Å². The first kappa shape index (κ1) is 13.8. The Labute approximate surface area is 121 Å². The van der Waals surface area contributed by atoms with Crippen molar-refractivity contribution in [3.63, 3.8) is 0 Å². The van der Waals surface area contributed by atoms with Crippen LogP contribution in [0.5, 0.6) is 0 Å². The molecule has 0 unspecified atom stereocenters. The normalized spacial score (nSPS) is 17.2. The maximum Gasteiger partial charge on any atom is 0.416 e. The van der Waals surface area contributed by atoms with Crippen LogP contribution in [0.4, 0.5) is 24.5 Å². The zero-order valence-electron chi connectivity index (χ0n) is 11.2. The summed E-state index contributed by atoms with van der Waals surface area (Å²) < 4.78 is 37.4. The van der Waals surface area contributed by atoms with Gasteiger partial charge in [-0.3, -0.25) is 0 Å². The van der Waals surface area contributed by atoms with E-state index < -0.39 is 11.7 Å². The molecule has 0 aliphatic carbocycles. The Balaban J connectivity index is 1.57. The molecule has 5 heteroatoms. The molecule has 2 aromatic rings. The van der Waals surface area contributed by atoms with Gasteiger partial charge >= 0.3 is 6.18 Å². The van der Waals surface area contributed by atoms with Gasteiger partial charge in [0, 0.05) is 24.0 Å². The summed E-state index contributed by atoms with van der Waals surface area (Å²) in [5.41, 5.74) is 2.48. The molecule has 1 aliphatic rings. The fraction of sp³-hybridized carbons (Fsp3) is 0.250. The molecule has 0 saturated carbocycles. The Morgan fingerprint density at radius 2 is 1.76 bits per heavy atom. The van der Waals surface area contributed by atoms with Gasteiger partial charge in [0.2, 0.25) is 0 Å². The first-order chi connectivity index (χ1) is 10.0. The highest BCUT2D eigenvalue weighted by Crippen LogP contribution is 2.30. The molecule has 0 aromatic heterocycles. The maximum absolute atomic E-state index is 12.5. The summed E-state index contributed by atoms with van der Waals surface area (Å²) in [6.45, 7) is 0.667. The topological polar surface area (TPSA) is 24.1 Å². The third-order valence-corrected chi connectivity index (χ3v) is 3.61. The molecule has 1 aliphatic heterocycles. The van der Waals surface area contributed by atoms with Gasteiger partial charge in [0.1, 0.15) is 0 Å². The number of rotatable bonds is 3. The van der Waals surface area contributed by atoms with Crippen molar-refractivity contribution >= 4 is 11.4 Å². The number of hydrogen-bond acceptors (Lipinski definition) is 2. The molecule has 2 nitrogen and oxygen atoms in total. The van der Waals surface area contributed by atoms with Crippen molar-refractivity contribution in [2.45, 2.75) is 18.6 Å². The maximum atomic E-state index is 12.5. The zero-order valence-corrected chi connectivity index (χ0v) is 11.2. The van der Waals surface area contributed by atoms with E-state index in [1.807, 2.05) is 18.2 Å². The fourth-order valence-electron chi connectivity index (χ4n) is 2.52. The van der Waals surface area contributed by atoms with E-state index >= 15 is 0 Å². The number of fused-ring (bicyclic) bond motifs is 1. The molecule has 0 radical (unpaired) electrons. The van der Waals surface area contributed by atoms with Crippen molar-refractivity contribution in [1.29, 1.82) is 0 Å². The van der Waals surface area contributed by atoms with Gasteiger partial charge in [-0.25, -0.2) is 0 Å². The zero-order chi connectivity index (χ0) is 14.9. The summed E-state index contributed by atoms with van der Waals surface area (Å²) in [5.74, 6) is 0. The van der Waals surface area contributed by atoms with Crippen LogP contribution < -0.4 is 10.6 Å². The molecular formula is C16H15F3N2. The third kappa shape index (κ3) is 3.12. The van der Waals surface area contributed by atoms with Crippen LogP contribution in [-0.2, 0) is 12.6 Å². The fourth-order valence-corrected chi connectivity index (χ4v) is 2.52. The smallest absolute Gasteiger partial charge is 0.383 e. The highest BCUT2D eigenvalue weighted by molar-refractivity contribution is 5.57. The van der Waals surface area contributed by atoms with E-state index in [1.165, 1.54) is 17.7 Å². The van der Waals surface area contributed by atoms with E-state index in [-0.39, 0.29) is 6.04 Å². The van der Waals surface area contributed by atoms with Crippen molar-refractivity contribution in [2.75, 3.05) is 17.2 Å². The molecule has 2 aromatic carbocycles. The monoisotopic (exact) mass is 292 g/mol. The second kappa shape index (κ2) is 5.31. The van der Waals surface area contributed by atoms with Crippen LogP contribution in [0.15, 0.2) is 48.5 Å². The van der Waals surface area contributed by atoms with Crippen LogP contribution >= 0.6 is 0 Å². The van der Waals surface area contributed by atoms with Crippen LogP contribution in [0.25, 0.3) is 0 Å². The Morgan fingerprint density at radius 1 is 1.05 bits per heavy atom. The number of halogens is 3. The summed E-state index contributed by atoms with van der Waals surface area (Å²) in [4.78, 5) is 0. The standard InChI is InChI=1S/C16H15F3N2/c17-16(18,19)12-5-7-13(8-6-12)20-10-14-9-11-3-1-2-4-15(11)21-14/h1-8,14,20-21H,9-10H2/t14-/m0/s1. The van der Waals surface area contributed by atoms with Crippen LogP contribution in [0.1, 0.15) is 11.1 Å². The molecule has 0 saturated heterocycles. The highest BCUT2D eigenvalue weighted by Gasteiger charge is 2.30. The first-order valence-corrected chi connectivity index (χ1v) is 6.78. The lowest BCUT2D eigenvalue weighted by Crippen LogP contribution is -2.25. The third-order valence-electron chi connectivity index (χ3n) is 3.61. The minimum atomic E-state index is -4.28. The second-order valence-electron chi connectivity index (χ2n) is 5.16. The van der Waals surface area contributed by atoms with Gasteiger partial charge < -0.3 is 10.6 Å². The van der Waals surface area contributed by atoms with Gasteiger partial charge in [-0.2, -0.15) is 13.2 Å². The first-order valence-electron chi connectivity index (χ1n) is 6.78. The van der Waals surface area contributed by atoms with E-state index in [0.29, 0.717) is 12.2 Å². The van der Waals surface area contributed by atoms with E-state index in [1.54, 1.807) is 0 Å². The number of anilines is 2. The van der Waals surface area contributed by atoms with Crippen LogP contribution in [-0.4, -0.2) is 12.6 Å². The van der Waals surface area contributed by atoms with Crippen molar-refractivity contribution in [1.82, 2.24) is 0 Å². The van der Waals surface area contributed by atoms with Crippen molar-refractivity contribution in [3.8, 4) is 0 Å².